The molecule has 0 amide bonds. The van der Waals surface area contributed by atoms with Gasteiger partial charge in [0.15, 0.2) is 11.5 Å². The lowest BCUT2D eigenvalue weighted by molar-refractivity contribution is 0.297. The van der Waals surface area contributed by atoms with Crippen LogP contribution in [0.5, 0.6) is 11.5 Å². The van der Waals surface area contributed by atoms with Crippen molar-refractivity contribution in [1.29, 1.82) is 0 Å². The van der Waals surface area contributed by atoms with Gasteiger partial charge in [-0.05, 0) is 12.1 Å². The predicted octanol–water partition coefficient (Wildman–Crippen LogP) is 2.23. The summed E-state index contributed by atoms with van der Waals surface area (Å²) in [4.78, 5) is 0. The minimum absolute atomic E-state index is 0.319. The molecule has 0 spiro atoms. The Balaban J connectivity index is 2.13. The molecule has 0 atom stereocenters. The molecule has 0 radical (unpaired) electrons. The van der Waals surface area contributed by atoms with Gasteiger partial charge in [0, 0.05) is 24.7 Å². The summed E-state index contributed by atoms with van der Waals surface area (Å²) in [5.41, 5.74) is 0.858. The number of halogens is 1. The summed E-state index contributed by atoms with van der Waals surface area (Å²) in [6, 6.07) is 5.56. The average molecular weight is 211 g/mol. The van der Waals surface area contributed by atoms with Crippen LogP contribution in [-0.4, -0.2) is 26.4 Å². The molecule has 1 aromatic rings. The molecule has 4 heteroatoms. The second kappa shape index (κ2) is 4.87. The number of anilines is 1. The Labute approximate surface area is 88.2 Å². The zero-order chi connectivity index (χ0) is 10.5. The SMILES string of the molecule is FCCNc1ccc2c(c1)OCCCO2. The zero-order valence-electron chi connectivity index (χ0n) is 8.46. The highest BCUT2D eigenvalue weighted by Crippen LogP contribution is 2.32. The maximum Gasteiger partial charge on any atom is 0.163 e. The largest absolute Gasteiger partial charge is 0.490 e. The first kappa shape index (κ1) is 10.1. The minimum atomic E-state index is -0.381. The molecule has 0 fully saturated rings. The molecule has 15 heavy (non-hydrogen) atoms. The molecular formula is C11H14FNO2. The molecule has 2 rings (SSSR count). The third-order valence-corrected chi connectivity index (χ3v) is 2.17. The van der Waals surface area contributed by atoms with Gasteiger partial charge in [-0.3, -0.25) is 0 Å². The number of fused-ring (bicyclic) bond motifs is 1. The summed E-state index contributed by atoms with van der Waals surface area (Å²) in [6.07, 6.45) is 0.891. The van der Waals surface area contributed by atoms with Crippen molar-refractivity contribution in [3.63, 3.8) is 0 Å². The molecule has 1 aliphatic heterocycles. The van der Waals surface area contributed by atoms with Crippen LogP contribution in [0.3, 0.4) is 0 Å². The topological polar surface area (TPSA) is 30.5 Å². The van der Waals surface area contributed by atoms with Crippen LogP contribution in [0.2, 0.25) is 0 Å². The van der Waals surface area contributed by atoms with Crippen molar-refractivity contribution in [3.8, 4) is 11.5 Å². The molecule has 1 N–H and O–H groups in total. The second-order valence-corrected chi connectivity index (χ2v) is 3.33. The smallest absolute Gasteiger partial charge is 0.163 e. The lowest BCUT2D eigenvalue weighted by atomic mass is 10.2. The Morgan fingerprint density at radius 3 is 2.80 bits per heavy atom. The minimum Gasteiger partial charge on any atom is -0.490 e. The molecule has 3 nitrogen and oxygen atoms in total. The van der Waals surface area contributed by atoms with E-state index in [1.54, 1.807) is 0 Å². The Kier molecular flexibility index (Phi) is 3.27. The van der Waals surface area contributed by atoms with E-state index >= 15 is 0 Å². The van der Waals surface area contributed by atoms with E-state index in [9.17, 15) is 4.39 Å². The monoisotopic (exact) mass is 211 g/mol. The van der Waals surface area contributed by atoms with Gasteiger partial charge in [0.1, 0.15) is 6.67 Å². The zero-order valence-corrected chi connectivity index (χ0v) is 8.46. The summed E-state index contributed by atoms with van der Waals surface area (Å²) in [5, 5.41) is 2.95. The molecule has 0 aliphatic carbocycles. The molecule has 0 saturated carbocycles. The third-order valence-electron chi connectivity index (χ3n) is 2.17. The number of rotatable bonds is 3. The van der Waals surface area contributed by atoms with Crippen molar-refractivity contribution in [2.24, 2.45) is 0 Å². The first-order valence-corrected chi connectivity index (χ1v) is 5.09. The first-order valence-electron chi connectivity index (χ1n) is 5.09. The van der Waals surface area contributed by atoms with Crippen LogP contribution in [0.25, 0.3) is 0 Å². The van der Waals surface area contributed by atoms with Crippen LogP contribution in [-0.2, 0) is 0 Å². The van der Waals surface area contributed by atoms with Crippen LogP contribution in [0, 0.1) is 0 Å². The van der Waals surface area contributed by atoms with Gasteiger partial charge in [0.2, 0.25) is 0 Å². The second-order valence-electron chi connectivity index (χ2n) is 3.33. The molecule has 0 saturated heterocycles. The highest BCUT2D eigenvalue weighted by atomic mass is 19.1. The average Bonchev–Trinajstić information content (AvgIpc) is 2.50. The van der Waals surface area contributed by atoms with Gasteiger partial charge in [-0.25, -0.2) is 4.39 Å². The maximum absolute atomic E-state index is 12.0. The summed E-state index contributed by atoms with van der Waals surface area (Å²) in [6.45, 7) is 1.29. The van der Waals surface area contributed by atoms with E-state index in [0.717, 1.165) is 23.6 Å². The van der Waals surface area contributed by atoms with E-state index in [1.807, 2.05) is 18.2 Å². The fourth-order valence-corrected chi connectivity index (χ4v) is 1.46. The van der Waals surface area contributed by atoms with Crippen LogP contribution in [0.4, 0.5) is 10.1 Å². The molecule has 0 aromatic heterocycles. The summed E-state index contributed by atoms with van der Waals surface area (Å²) >= 11 is 0. The maximum atomic E-state index is 12.0. The van der Waals surface area contributed by atoms with Gasteiger partial charge < -0.3 is 14.8 Å². The molecule has 0 bridgehead atoms. The molecule has 0 unspecified atom stereocenters. The number of benzene rings is 1. The number of nitrogens with one attached hydrogen (secondary N) is 1. The Hall–Kier alpha value is -1.45. The summed E-state index contributed by atoms with van der Waals surface area (Å²) in [5.74, 6) is 1.50. The van der Waals surface area contributed by atoms with Gasteiger partial charge in [-0.2, -0.15) is 0 Å². The molecule has 1 aromatic carbocycles. The first-order chi connectivity index (χ1) is 7.40. The fraction of sp³-hybridized carbons (Fsp3) is 0.455. The highest BCUT2D eigenvalue weighted by Gasteiger charge is 2.10. The Morgan fingerprint density at radius 2 is 2.00 bits per heavy atom. The normalized spacial score (nSPS) is 14.5. The van der Waals surface area contributed by atoms with Crippen molar-refractivity contribution in [2.75, 3.05) is 31.7 Å². The van der Waals surface area contributed by atoms with Crippen molar-refractivity contribution in [2.45, 2.75) is 6.42 Å². The summed E-state index contributed by atoms with van der Waals surface area (Å²) in [7, 11) is 0. The lowest BCUT2D eigenvalue weighted by Gasteiger charge is -2.09. The predicted molar refractivity (Wildman–Crippen MR) is 56.5 cm³/mol. The van der Waals surface area contributed by atoms with Crippen LogP contribution < -0.4 is 14.8 Å². The van der Waals surface area contributed by atoms with E-state index in [2.05, 4.69) is 5.32 Å². The highest BCUT2D eigenvalue weighted by molar-refractivity contribution is 5.54. The van der Waals surface area contributed by atoms with Gasteiger partial charge in [0.05, 0.1) is 13.2 Å². The molecular weight excluding hydrogens is 197 g/mol. The van der Waals surface area contributed by atoms with Gasteiger partial charge >= 0.3 is 0 Å². The van der Waals surface area contributed by atoms with E-state index in [-0.39, 0.29) is 6.67 Å². The molecule has 82 valence electrons. The van der Waals surface area contributed by atoms with Gasteiger partial charge in [0.25, 0.3) is 0 Å². The number of hydrogen-bond donors (Lipinski definition) is 1. The van der Waals surface area contributed by atoms with E-state index in [1.165, 1.54) is 0 Å². The molecule has 1 aliphatic rings. The number of hydrogen-bond acceptors (Lipinski definition) is 3. The van der Waals surface area contributed by atoms with Crippen LogP contribution >= 0.6 is 0 Å². The lowest BCUT2D eigenvalue weighted by Crippen LogP contribution is -2.03. The Morgan fingerprint density at radius 1 is 1.20 bits per heavy atom. The van der Waals surface area contributed by atoms with Crippen LogP contribution in [0.1, 0.15) is 6.42 Å². The van der Waals surface area contributed by atoms with Crippen molar-refractivity contribution < 1.29 is 13.9 Å². The van der Waals surface area contributed by atoms with Crippen LogP contribution in [0.15, 0.2) is 18.2 Å². The van der Waals surface area contributed by atoms with Gasteiger partial charge in [-0.15, -0.1) is 0 Å². The number of ether oxygens (including phenoxy) is 2. The standard InChI is InChI=1S/C11H14FNO2/c12-4-5-13-9-2-3-10-11(8-9)15-7-1-6-14-10/h2-3,8,13H,1,4-7H2. The van der Waals surface area contributed by atoms with E-state index in [4.69, 9.17) is 9.47 Å². The number of alkyl halides is 1. The third kappa shape index (κ3) is 2.52. The van der Waals surface area contributed by atoms with Crippen molar-refractivity contribution in [1.82, 2.24) is 0 Å². The van der Waals surface area contributed by atoms with E-state index < -0.39 is 0 Å². The molecule has 1 heterocycles. The van der Waals surface area contributed by atoms with Crippen molar-refractivity contribution in [3.05, 3.63) is 18.2 Å². The fourth-order valence-electron chi connectivity index (χ4n) is 1.46. The Bertz CT molecular complexity index is 330. The quantitative estimate of drug-likeness (QED) is 0.831. The summed E-state index contributed by atoms with van der Waals surface area (Å²) < 4.78 is 23.0. The van der Waals surface area contributed by atoms with Gasteiger partial charge in [-0.1, -0.05) is 0 Å². The van der Waals surface area contributed by atoms with E-state index in [0.29, 0.717) is 19.8 Å². The van der Waals surface area contributed by atoms with Crippen molar-refractivity contribution >= 4 is 5.69 Å².